The number of hydrogen-bond acceptors (Lipinski definition) is 2. The van der Waals surface area contributed by atoms with Crippen LogP contribution in [-0.4, -0.2) is 42.5 Å². The molecular formula is C28H39N3O2. The van der Waals surface area contributed by atoms with Gasteiger partial charge in [0.05, 0.1) is 0 Å². The minimum Gasteiger partial charge on any atom is -0.354 e. The summed E-state index contributed by atoms with van der Waals surface area (Å²) >= 11 is 0. The molecule has 0 aromatic heterocycles. The number of carbonyl (C=O) groups excluding carboxylic acids is 2. The summed E-state index contributed by atoms with van der Waals surface area (Å²) in [6.45, 7) is 6.27. The highest BCUT2D eigenvalue weighted by Crippen LogP contribution is 2.27. The molecule has 3 rings (SSSR count). The zero-order valence-corrected chi connectivity index (χ0v) is 20.1. The van der Waals surface area contributed by atoms with Gasteiger partial charge in [0.1, 0.15) is 6.04 Å². The van der Waals surface area contributed by atoms with Gasteiger partial charge in [-0.15, -0.1) is 0 Å². The van der Waals surface area contributed by atoms with Gasteiger partial charge in [-0.2, -0.15) is 0 Å². The summed E-state index contributed by atoms with van der Waals surface area (Å²) in [5, 5.41) is 6.13. The second-order valence-corrected chi connectivity index (χ2v) is 9.49. The third-order valence-corrected chi connectivity index (χ3v) is 6.35. The van der Waals surface area contributed by atoms with E-state index in [0.29, 0.717) is 18.9 Å². The van der Waals surface area contributed by atoms with Crippen LogP contribution in [0.4, 0.5) is 4.79 Å². The molecule has 0 bridgehead atoms. The number of rotatable bonds is 9. The Morgan fingerprint density at radius 2 is 1.39 bits per heavy atom. The van der Waals surface area contributed by atoms with Gasteiger partial charge >= 0.3 is 6.03 Å². The van der Waals surface area contributed by atoms with E-state index >= 15 is 0 Å². The first-order chi connectivity index (χ1) is 16.0. The van der Waals surface area contributed by atoms with Crippen LogP contribution in [-0.2, 0) is 4.79 Å². The lowest BCUT2D eigenvalue weighted by Gasteiger charge is -2.26. The fourth-order valence-corrected chi connectivity index (χ4v) is 4.58. The van der Waals surface area contributed by atoms with E-state index in [0.717, 1.165) is 32.4 Å². The van der Waals surface area contributed by atoms with Crippen LogP contribution in [0.15, 0.2) is 60.7 Å². The Balaban J connectivity index is 1.60. The molecule has 2 aromatic carbocycles. The van der Waals surface area contributed by atoms with E-state index in [9.17, 15) is 9.59 Å². The summed E-state index contributed by atoms with van der Waals surface area (Å²) in [5.74, 6) is 0.432. The smallest absolute Gasteiger partial charge is 0.318 e. The number of nitrogens with one attached hydrogen (secondary N) is 2. The average molecular weight is 450 g/mol. The lowest BCUT2D eigenvalue weighted by molar-refractivity contribution is -0.123. The predicted octanol–water partition coefficient (Wildman–Crippen LogP) is 5.33. The number of carbonyl (C=O) groups is 2. The third-order valence-electron chi connectivity index (χ3n) is 6.35. The Kier molecular flexibility index (Phi) is 9.79. The van der Waals surface area contributed by atoms with Gasteiger partial charge in [-0.3, -0.25) is 4.79 Å². The number of likely N-dealkylation sites (tertiary alicyclic amines) is 1. The zero-order chi connectivity index (χ0) is 23.5. The second-order valence-electron chi connectivity index (χ2n) is 9.49. The van der Waals surface area contributed by atoms with Crippen molar-refractivity contribution in [1.29, 1.82) is 0 Å². The molecule has 1 unspecified atom stereocenters. The Bertz CT molecular complexity index is 806. The van der Waals surface area contributed by atoms with Crippen molar-refractivity contribution in [3.8, 4) is 0 Å². The van der Waals surface area contributed by atoms with Gasteiger partial charge in [-0.25, -0.2) is 4.79 Å². The average Bonchev–Trinajstić information content (AvgIpc) is 3.12. The molecular weight excluding hydrogens is 410 g/mol. The number of benzene rings is 2. The Morgan fingerprint density at radius 1 is 0.848 bits per heavy atom. The van der Waals surface area contributed by atoms with E-state index in [2.05, 4.69) is 73.0 Å². The van der Waals surface area contributed by atoms with Crippen molar-refractivity contribution in [3.05, 3.63) is 71.8 Å². The molecule has 0 radical (unpaired) electrons. The summed E-state index contributed by atoms with van der Waals surface area (Å²) in [4.78, 5) is 27.8. The maximum atomic E-state index is 13.1. The highest BCUT2D eigenvalue weighted by Gasteiger charge is 2.25. The molecule has 1 atom stereocenters. The highest BCUT2D eigenvalue weighted by atomic mass is 16.2. The summed E-state index contributed by atoms with van der Waals surface area (Å²) < 4.78 is 0. The number of urea groups is 1. The van der Waals surface area contributed by atoms with Crippen LogP contribution in [0.2, 0.25) is 0 Å². The summed E-state index contributed by atoms with van der Waals surface area (Å²) in [5.41, 5.74) is 2.48. The van der Waals surface area contributed by atoms with Gasteiger partial charge < -0.3 is 15.5 Å². The second kappa shape index (κ2) is 13.0. The molecule has 1 aliphatic heterocycles. The van der Waals surface area contributed by atoms with Gasteiger partial charge in [0, 0.05) is 25.6 Å². The SMILES string of the molecule is CC(C)CC(NC(=O)N1CCCCCC1)C(=O)NCCC(c1ccccc1)c1ccccc1. The molecule has 2 aromatic rings. The van der Waals surface area contributed by atoms with Crippen molar-refractivity contribution < 1.29 is 9.59 Å². The van der Waals surface area contributed by atoms with E-state index in [1.165, 1.54) is 24.0 Å². The van der Waals surface area contributed by atoms with Gasteiger partial charge in [-0.05, 0) is 42.7 Å². The molecule has 2 N–H and O–H groups in total. The lowest BCUT2D eigenvalue weighted by Crippen LogP contribution is -2.52. The molecule has 0 saturated carbocycles. The zero-order valence-electron chi connectivity index (χ0n) is 20.1. The van der Waals surface area contributed by atoms with Crippen molar-refractivity contribution >= 4 is 11.9 Å². The Labute approximate surface area is 199 Å². The first kappa shape index (κ1) is 24.8. The van der Waals surface area contributed by atoms with E-state index in [1.807, 2.05) is 17.0 Å². The van der Waals surface area contributed by atoms with Crippen LogP contribution in [0.25, 0.3) is 0 Å². The Hall–Kier alpha value is -2.82. The normalized spacial score (nSPS) is 15.2. The molecule has 5 heteroatoms. The molecule has 3 amide bonds. The largest absolute Gasteiger partial charge is 0.354 e. The third kappa shape index (κ3) is 7.92. The molecule has 1 fully saturated rings. The van der Waals surface area contributed by atoms with Crippen molar-refractivity contribution in [2.75, 3.05) is 19.6 Å². The first-order valence-electron chi connectivity index (χ1n) is 12.5. The predicted molar refractivity (Wildman–Crippen MR) is 134 cm³/mol. The van der Waals surface area contributed by atoms with Crippen molar-refractivity contribution in [1.82, 2.24) is 15.5 Å². The number of amides is 3. The van der Waals surface area contributed by atoms with Crippen LogP contribution in [0.1, 0.15) is 69.4 Å². The quantitative estimate of drug-likeness (QED) is 0.544. The number of hydrogen-bond donors (Lipinski definition) is 2. The van der Waals surface area contributed by atoms with E-state index in [-0.39, 0.29) is 17.9 Å². The van der Waals surface area contributed by atoms with Crippen LogP contribution in [0.5, 0.6) is 0 Å². The van der Waals surface area contributed by atoms with Crippen LogP contribution in [0, 0.1) is 5.92 Å². The fraction of sp³-hybridized carbons (Fsp3) is 0.500. The summed E-state index contributed by atoms with van der Waals surface area (Å²) in [6.07, 6.45) is 5.84. The van der Waals surface area contributed by atoms with Gasteiger partial charge in [0.2, 0.25) is 5.91 Å². The highest BCUT2D eigenvalue weighted by molar-refractivity contribution is 5.87. The van der Waals surface area contributed by atoms with Gasteiger partial charge in [-0.1, -0.05) is 87.4 Å². The molecule has 1 aliphatic rings. The van der Waals surface area contributed by atoms with Crippen molar-refractivity contribution in [3.63, 3.8) is 0 Å². The standard InChI is InChI=1S/C28H39N3O2/c1-22(2)21-26(30-28(33)31-19-11-3-4-12-20-31)27(32)29-18-17-25(23-13-7-5-8-14-23)24-15-9-6-10-16-24/h5-10,13-16,22,25-26H,3-4,11-12,17-21H2,1-2H3,(H,29,32)(H,30,33). The monoisotopic (exact) mass is 449 g/mol. The molecule has 5 nitrogen and oxygen atoms in total. The maximum absolute atomic E-state index is 13.1. The molecule has 0 aliphatic carbocycles. The van der Waals surface area contributed by atoms with Crippen LogP contribution in [0.3, 0.4) is 0 Å². The Morgan fingerprint density at radius 3 is 1.91 bits per heavy atom. The minimum atomic E-state index is -0.507. The topological polar surface area (TPSA) is 61.4 Å². The van der Waals surface area contributed by atoms with Gasteiger partial charge in [0.15, 0.2) is 0 Å². The van der Waals surface area contributed by atoms with E-state index in [4.69, 9.17) is 0 Å². The fourth-order valence-electron chi connectivity index (χ4n) is 4.58. The van der Waals surface area contributed by atoms with Crippen molar-refractivity contribution in [2.24, 2.45) is 5.92 Å². The molecule has 1 saturated heterocycles. The maximum Gasteiger partial charge on any atom is 0.318 e. The summed E-state index contributed by atoms with van der Waals surface area (Å²) in [7, 11) is 0. The molecule has 0 spiro atoms. The van der Waals surface area contributed by atoms with Crippen molar-refractivity contribution in [2.45, 2.75) is 64.3 Å². The van der Waals surface area contributed by atoms with E-state index < -0.39 is 6.04 Å². The molecule has 1 heterocycles. The minimum absolute atomic E-state index is 0.0910. The van der Waals surface area contributed by atoms with Gasteiger partial charge in [0.25, 0.3) is 0 Å². The summed E-state index contributed by atoms with van der Waals surface area (Å²) in [6, 6.07) is 20.2. The first-order valence-corrected chi connectivity index (χ1v) is 12.5. The molecule has 178 valence electrons. The van der Waals surface area contributed by atoms with Crippen LogP contribution < -0.4 is 10.6 Å². The van der Waals surface area contributed by atoms with E-state index in [1.54, 1.807) is 0 Å². The van der Waals surface area contributed by atoms with Crippen LogP contribution >= 0.6 is 0 Å². The lowest BCUT2D eigenvalue weighted by atomic mass is 9.88. The number of nitrogens with zero attached hydrogens (tertiary/aromatic N) is 1. The molecule has 33 heavy (non-hydrogen) atoms.